The maximum Gasteiger partial charge on any atom is 0.277 e. The molecule has 2 aromatic heterocycles. The molecule has 0 spiro atoms. The van der Waals surface area contributed by atoms with Crippen molar-refractivity contribution in [3.8, 4) is 0 Å². The van der Waals surface area contributed by atoms with Crippen LogP contribution in [0, 0.1) is 11.7 Å². The fourth-order valence-electron chi connectivity index (χ4n) is 4.88. The second-order valence-electron chi connectivity index (χ2n) is 8.78. The zero-order valence-electron chi connectivity index (χ0n) is 19.1. The predicted molar refractivity (Wildman–Crippen MR) is 127 cm³/mol. The molecule has 1 atom stereocenters. The molecule has 1 N–H and O–H groups in total. The summed E-state index contributed by atoms with van der Waals surface area (Å²) in [6.45, 7) is 2.49. The number of carbonyl (C=O) groups excluding carboxylic acids is 1. The van der Waals surface area contributed by atoms with Gasteiger partial charge in [0.2, 0.25) is 11.1 Å². The van der Waals surface area contributed by atoms with Gasteiger partial charge >= 0.3 is 0 Å². The zero-order valence-corrected chi connectivity index (χ0v) is 19.9. The number of pyridine rings is 1. The van der Waals surface area contributed by atoms with Gasteiger partial charge in [0, 0.05) is 75.5 Å². The first kappa shape index (κ1) is 23.6. The van der Waals surface area contributed by atoms with E-state index >= 15 is 0 Å². The van der Waals surface area contributed by atoms with Crippen LogP contribution in [-0.2, 0) is 21.4 Å². The number of rotatable bonds is 6. The highest BCUT2D eigenvalue weighted by Gasteiger charge is 2.39. The summed E-state index contributed by atoms with van der Waals surface area (Å²) in [5.41, 5.74) is 1.60. The smallest absolute Gasteiger partial charge is 0.277 e. The lowest BCUT2D eigenvalue weighted by Crippen LogP contribution is -2.50. The summed E-state index contributed by atoms with van der Waals surface area (Å²) in [6, 6.07) is 6.39. The molecule has 0 radical (unpaired) electrons. The van der Waals surface area contributed by atoms with Gasteiger partial charge in [-0.05, 0) is 30.7 Å². The molecule has 2 aliphatic heterocycles. The molecule has 2 fully saturated rings. The SMILES string of the molecule is O=C([C@H]1CCN(S(=O)(=O)c2nccn2CCO)C1)N1CCN(c2ccnc3ccc(F)cc23)CC1. The molecule has 2 saturated heterocycles. The van der Waals surface area contributed by atoms with Crippen LogP contribution in [0.25, 0.3) is 10.9 Å². The molecule has 0 bridgehead atoms. The van der Waals surface area contributed by atoms with Crippen molar-refractivity contribution in [2.75, 3.05) is 50.8 Å². The standard InChI is InChI=1S/C23H27FN6O4S/c24-18-1-2-20-19(15-18)21(3-5-25-20)27-9-11-28(12-10-27)22(32)17-4-7-30(16-17)35(33,34)23-26-6-8-29(23)13-14-31/h1-3,5-6,8,15,17,31H,4,7,9-14,16H2/t17-/m0/s1. The summed E-state index contributed by atoms with van der Waals surface area (Å²) in [5, 5.41) is 9.80. The Bertz CT molecular complexity index is 1340. The minimum Gasteiger partial charge on any atom is -0.395 e. The van der Waals surface area contributed by atoms with E-state index in [9.17, 15) is 22.7 Å². The predicted octanol–water partition coefficient (Wildman–Crippen LogP) is 0.922. The number of hydrogen-bond acceptors (Lipinski definition) is 7. The Morgan fingerprint density at radius 1 is 1.09 bits per heavy atom. The van der Waals surface area contributed by atoms with E-state index in [4.69, 9.17) is 0 Å². The van der Waals surface area contributed by atoms with Crippen molar-refractivity contribution in [2.45, 2.75) is 18.1 Å². The molecule has 35 heavy (non-hydrogen) atoms. The van der Waals surface area contributed by atoms with Gasteiger partial charge < -0.3 is 19.5 Å². The first-order chi connectivity index (χ1) is 16.9. The van der Waals surface area contributed by atoms with Crippen LogP contribution in [0.2, 0.25) is 0 Å². The highest BCUT2D eigenvalue weighted by atomic mass is 32.2. The van der Waals surface area contributed by atoms with Crippen LogP contribution in [0.1, 0.15) is 6.42 Å². The second-order valence-corrected chi connectivity index (χ2v) is 10.6. The molecule has 1 aromatic carbocycles. The number of aromatic nitrogens is 3. The Kier molecular flexibility index (Phi) is 6.43. The second kappa shape index (κ2) is 9.51. The van der Waals surface area contributed by atoms with Crippen LogP contribution >= 0.6 is 0 Å². The highest BCUT2D eigenvalue weighted by molar-refractivity contribution is 7.89. The summed E-state index contributed by atoms with van der Waals surface area (Å²) in [7, 11) is -3.86. The molecule has 10 nitrogen and oxygen atoms in total. The molecule has 1 amide bonds. The molecule has 12 heteroatoms. The Morgan fingerprint density at radius 2 is 1.89 bits per heavy atom. The van der Waals surface area contributed by atoms with Crippen molar-refractivity contribution >= 4 is 32.5 Å². The Balaban J connectivity index is 1.23. The summed E-state index contributed by atoms with van der Waals surface area (Å²) in [4.78, 5) is 25.4. The largest absolute Gasteiger partial charge is 0.395 e. The number of imidazole rings is 1. The quantitative estimate of drug-likeness (QED) is 0.534. The number of amides is 1. The van der Waals surface area contributed by atoms with E-state index in [0.717, 1.165) is 11.1 Å². The number of piperazine rings is 1. The number of aliphatic hydroxyl groups excluding tert-OH is 1. The maximum atomic E-state index is 13.8. The lowest BCUT2D eigenvalue weighted by molar-refractivity contribution is -0.135. The lowest BCUT2D eigenvalue weighted by Gasteiger charge is -2.37. The number of nitrogens with zero attached hydrogens (tertiary/aromatic N) is 6. The van der Waals surface area contributed by atoms with Crippen molar-refractivity contribution in [1.82, 2.24) is 23.7 Å². The van der Waals surface area contributed by atoms with Gasteiger partial charge in [0.15, 0.2) is 0 Å². The molecule has 4 heterocycles. The third-order valence-corrected chi connectivity index (χ3v) is 8.51. The number of halogens is 1. The summed E-state index contributed by atoms with van der Waals surface area (Å²) >= 11 is 0. The van der Waals surface area contributed by atoms with Gasteiger partial charge in [0.05, 0.1) is 18.0 Å². The van der Waals surface area contributed by atoms with E-state index in [1.165, 1.54) is 33.4 Å². The molecule has 5 rings (SSSR count). The number of carbonyl (C=O) groups is 1. The number of fused-ring (bicyclic) bond motifs is 1. The monoisotopic (exact) mass is 502 g/mol. The summed E-state index contributed by atoms with van der Waals surface area (Å²) in [6.07, 6.45) is 5.06. The minimum atomic E-state index is -3.86. The number of hydrogen-bond donors (Lipinski definition) is 1. The fraction of sp³-hybridized carbons (Fsp3) is 0.435. The van der Waals surface area contributed by atoms with Gasteiger partial charge in [-0.25, -0.2) is 17.8 Å². The first-order valence-corrected chi connectivity index (χ1v) is 13.0. The average Bonchev–Trinajstić information content (AvgIpc) is 3.55. The molecule has 0 aliphatic carbocycles. The zero-order chi connectivity index (χ0) is 24.6. The average molecular weight is 503 g/mol. The molecular weight excluding hydrogens is 475 g/mol. The van der Waals surface area contributed by atoms with Crippen molar-refractivity contribution < 1.29 is 22.7 Å². The van der Waals surface area contributed by atoms with Crippen molar-refractivity contribution in [3.63, 3.8) is 0 Å². The van der Waals surface area contributed by atoms with Crippen LogP contribution in [0.5, 0.6) is 0 Å². The minimum absolute atomic E-state index is 0.0494. The van der Waals surface area contributed by atoms with Gasteiger partial charge in [-0.1, -0.05) is 0 Å². The third-order valence-electron chi connectivity index (χ3n) is 6.70. The van der Waals surface area contributed by atoms with Gasteiger partial charge in [0.1, 0.15) is 5.82 Å². The summed E-state index contributed by atoms with van der Waals surface area (Å²) in [5.74, 6) is -0.778. The molecule has 0 unspecified atom stereocenters. The molecule has 3 aromatic rings. The van der Waals surface area contributed by atoms with E-state index in [2.05, 4.69) is 14.9 Å². The molecule has 0 saturated carbocycles. The van der Waals surface area contributed by atoms with Gasteiger partial charge in [-0.15, -0.1) is 0 Å². The normalized spacial score (nSPS) is 19.5. The van der Waals surface area contributed by atoms with Crippen LogP contribution < -0.4 is 4.90 Å². The van der Waals surface area contributed by atoms with Crippen LogP contribution in [0.15, 0.2) is 48.0 Å². The van der Waals surface area contributed by atoms with Gasteiger partial charge in [-0.3, -0.25) is 9.78 Å². The first-order valence-electron chi connectivity index (χ1n) is 11.6. The van der Waals surface area contributed by atoms with E-state index in [0.29, 0.717) is 38.1 Å². The third kappa shape index (κ3) is 4.48. The fourth-order valence-corrected chi connectivity index (χ4v) is 6.47. The lowest BCUT2D eigenvalue weighted by atomic mass is 10.1. The van der Waals surface area contributed by atoms with E-state index in [1.54, 1.807) is 17.2 Å². The molecule has 2 aliphatic rings. The molecule has 186 valence electrons. The number of benzene rings is 1. The van der Waals surface area contributed by atoms with Crippen LogP contribution in [-0.4, -0.2) is 89.0 Å². The topological polar surface area (TPSA) is 112 Å². The van der Waals surface area contributed by atoms with Crippen molar-refractivity contribution in [1.29, 1.82) is 0 Å². The Labute approximate surface area is 202 Å². The molecular formula is C23H27FN6O4S. The maximum absolute atomic E-state index is 13.8. The van der Waals surface area contributed by atoms with Crippen LogP contribution in [0.4, 0.5) is 10.1 Å². The number of anilines is 1. The Hall–Kier alpha value is -3.09. The van der Waals surface area contributed by atoms with Crippen LogP contribution in [0.3, 0.4) is 0 Å². The van der Waals surface area contributed by atoms with Gasteiger partial charge in [-0.2, -0.15) is 4.31 Å². The highest BCUT2D eigenvalue weighted by Crippen LogP contribution is 2.29. The summed E-state index contributed by atoms with van der Waals surface area (Å²) < 4.78 is 42.7. The Morgan fingerprint density at radius 3 is 2.66 bits per heavy atom. The van der Waals surface area contributed by atoms with Gasteiger partial charge in [0.25, 0.3) is 10.0 Å². The number of aliphatic hydroxyl groups is 1. The van der Waals surface area contributed by atoms with Crippen molar-refractivity contribution in [2.24, 2.45) is 5.92 Å². The van der Waals surface area contributed by atoms with Crippen molar-refractivity contribution in [3.05, 3.63) is 48.7 Å². The van der Waals surface area contributed by atoms with E-state index in [1.807, 2.05) is 6.07 Å². The number of sulfonamides is 1. The van der Waals surface area contributed by atoms with E-state index < -0.39 is 15.9 Å². The van der Waals surface area contributed by atoms with E-state index in [-0.39, 0.29) is 43.1 Å².